The molecule has 1 aromatic rings. The summed E-state index contributed by atoms with van der Waals surface area (Å²) < 4.78 is 15.5. The van der Waals surface area contributed by atoms with Crippen LogP contribution in [0.5, 0.6) is 5.75 Å². The molecule has 0 saturated carbocycles. The maximum atomic E-state index is 11.5. The van der Waals surface area contributed by atoms with Gasteiger partial charge in [-0.2, -0.15) is 0 Å². The number of allylic oxidation sites excluding steroid dienone is 3. The number of hydrogen-bond donors (Lipinski definition) is 1. The van der Waals surface area contributed by atoms with Crippen LogP contribution in [0.4, 0.5) is 0 Å². The first-order valence-electron chi connectivity index (χ1n) is 7.89. The fourth-order valence-corrected chi connectivity index (χ4v) is 2.28. The Labute approximate surface area is 153 Å². The molecule has 6 nitrogen and oxygen atoms in total. The van der Waals surface area contributed by atoms with E-state index in [0.717, 1.165) is 5.56 Å². The van der Waals surface area contributed by atoms with E-state index in [1.807, 2.05) is 0 Å². The van der Waals surface area contributed by atoms with E-state index in [0.29, 0.717) is 28.2 Å². The van der Waals surface area contributed by atoms with Gasteiger partial charge in [0.05, 0.1) is 34.2 Å². The van der Waals surface area contributed by atoms with Gasteiger partial charge in [-0.1, -0.05) is 24.3 Å². The average molecular weight is 360 g/mol. The Morgan fingerprint density at radius 3 is 2.38 bits per heavy atom. The first-order chi connectivity index (χ1) is 12.3. The number of aliphatic carboxylic acids is 1. The molecule has 0 saturated heterocycles. The summed E-state index contributed by atoms with van der Waals surface area (Å²) >= 11 is 0. The summed E-state index contributed by atoms with van der Waals surface area (Å²) in [6.45, 7) is 5.77. The van der Waals surface area contributed by atoms with Crippen molar-refractivity contribution in [2.45, 2.75) is 19.8 Å². The summed E-state index contributed by atoms with van der Waals surface area (Å²) in [5, 5.41) is 8.82. The zero-order valence-electron chi connectivity index (χ0n) is 15.5. The molecule has 0 heterocycles. The van der Waals surface area contributed by atoms with Crippen LogP contribution >= 0.6 is 0 Å². The van der Waals surface area contributed by atoms with Crippen LogP contribution in [0.15, 0.2) is 48.3 Å². The van der Waals surface area contributed by atoms with Crippen LogP contribution < -0.4 is 4.74 Å². The molecule has 0 atom stereocenters. The van der Waals surface area contributed by atoms with Crippen molar-refractivity contribution in [2.75, 3.05) is 21.3 Å². The van der Waals surface area contributed by atoms with E-state index in [2.05, 4.69) is 6.58 Å². The van der Waals surface area contributed by atoms with Crippen molar-refractivity contribution < 1.29 is 28.9 Å². The highest BCUT2D eigenvalue weighted by molar-refractivity contribution is 5.81. The van der Waals surface area contributed by atoms with Crippen molar-refractivity contribution in [3.05, 3.63) is 59.4 Å². The molecule has 1 N–H and O–H groups in total. The molecule has 0 unspecified atom stereocenters. The van der Waals surface area contributed by atoms with E-state index in [4.69, 9.17) is 19.3 Å². The first-order valence-corrected chi connectivity index (χ1v) is 7.89. The minimum absolute atomic E-state index is 0.0576. The third-order valence-corrected chi connectivity index (χ3v) is 3.63. The Morgan fingerprint density at radius 2 is 1.85 bits per heavy atom. The average Bonchev–Trinajstić information content (AvgIpc) is 2.61. The molecule has 1 aromatic carbocycles. The Bertz CT molecular complexity index is 743. The molecule has 1 rings (SSSR count). The molecule has 0 amide bonds. The van der Waals surface area contributed by atoms with Crippen molar-refractivity contribution in [3.63, 3.8) is 0 Å². The lowest BCUT2D eigenvalue weighted by atomic mass is 9.99. The summed E-state index contributed by atoms with van der Waals surface area (Å²) in [7, 11) is 4.38. The second-order valence-electron chi connectivity index (χ2n) is 5.58. The predicted molar refractivity (Wildman–Crippen MR) is 98.8 cm³/mol. The van der Waals surface area contributed by atoms with Gasteiger partial charge in [-0.15, -0.1) is 0 Å². The molecule has 140 valence electrons. The Balaban J connectivity index is 3.20. The zero-order valence-corrected chi connectivity index (χ0v) is 15.5. The quantitative estimate of drug-likeness (QED) is 0.413. The van der Waals surface area contributed by atoms with E-state index < -0.39 is 5.97 Å². The van der Waals surface area contributed by atoms with Gasteiger partial charge in [0.25, 0.3) is 0 Å². The molecule has 6 heteroatoms. The van der Waals surface area contributed by atoms with E-state index in [9.17, 15) is 9.59 Å². The van der Waals surface area contributed by atoms with Gasteiger partial charge in [0.15, 0.2) is 0 Å². The monoisotopic (exact) mass is 360 g/mol. The van der Waals surface area contributed by atoms with Crippen LogP contribution in [-0.2, 0) is 25.5 Å². The number of carbonyl (C=O) groups excluding carboxylic acids is 1. The van der Waals surface area contributed by atoms with Crippen LogP contribution in [0.25, 0.3) is 5.57 Å². The number of carbonyl (C=O) groups is 2. The Morgan fingerprint density at radius 1 is 1.15 bits per heavy atom. The van der Waals surface area contributed by atoms with Gasteiger partial charge >= 0.3 is 11.9 Å². The van der Waals surface area contributed by atoms with Gasteiger partial charge in [-0.25, -0.2) is 0 Å². The highest BCUT2D eigenvalue weighted by Crippen LogP contribution is 2.31. The van der Waals surface area contributed by atoms with E-state index in [-0.39, 0.29) is 18.8 Å². The highest BCUT2D eigenvalue weighted by Gasteiger charge is 2.14. The number of rotatable bonds is 9. The maximum Gasteiger partial charge on any atom is 0.309 e. The van der Waals surface area contributed by atoms with Crippen molar-refractivity contribution in [1.29, 1.82) is 0 Å². The molecule has 0 aliphatic rings. The lowest BCUT2D eigenvalue weighted by Gasteiger charge is -2.14. The molecule has 0 fully saturated rings. The second-order valence-corrected chi connectivity index (χ2v) is 5.58. The standard InChI is InChI=1S/C20H24O6/c1-13(10-19(21)22)6-8-17(24-3)14(2)16-11-15(12-20(23)26-5)7-9-18(16)25-4/h6-9,11H,2,10,12H2,1,3-5H3,(H,21,22). The van der Waals surface area contributed by atoms with E-state index >= 15 is 0 Å². The summed E-state index contributed by atoms with van der Waals surface area (Å²) in [5.41, 5.74) is 2.65. The SMILES string of the molecule is C=C(C(=CC=C(C)CC(=O)O)OC)c1cc(CC(=O)OC)ccc1OC. The first kappa shape index (κ1) is 21.0. The maximum absolute atomic E-state index is 11.5. The fraction of sp³-hybridized carbons (Fsp3) is 0.300. The number of carboxylic acid groups (broad SMARTS) is 1. The summed E-state index contributed by atoms with van der Waals surface area (Å²) in [6, 6.07) is 5.32. The number of benzene rings is 1. The van der Waals surface area contributed by atoms with Crippen LogP contribution in [0.3, 0.4) is 0 Å². The van der Waals surface area contributed by atoms with Gasteiger partial charge in [0.2, 0.25) is 0 Å². The topological polar surface area (TPSA) is 82.1 Å². The van der Waals surface area contributed by atoms with Crippen molar-refractivity contribution in [2.24, 2.45) is 0 Å². The molecular formula is C20H24O6. The number of ether oxygens (including phenoxy) is 3. The summed E-state index contributed by atoms with van der Waals surface area (Å²) in [5.74, 6) is -0.204. The molecule has 0 aliphatic carbocycles. The van der Waals surface area contributed by atoms with Gasteiger partial charge in [-0.3, -0.25) is 9.59 Å². The lowest BCUT2D eigenvalue weighted by molar-refractivity contribution is -0.140. The van der Waals surface area contributed by atoms with E-state index in [1.165, 1.54) is 14.2 Å². The fourth-order valence-electron chi connectivity index (χ4n) is 2.28. The highest BCUT2D eigenvalue weighted by atomic mass is 16.5. The molecule has 0 aromatic heterocycles. The molecule has 0 aliphatic heterocycles. The van der Waals surface area contributed by atoms with Crippen LogP contribution in [-0.4, -0.2) is 38.4 Å². The number of esters is 1. The molecular weight excluding hydrogens is 336 g/mol. The molecule has 26 heavy (non-hydrogen) atoms. The number of hydrogen-bond acceptors (Lipinski definition) is 5. The number of carboxylic acids is 1. The van der Waals surface area contributed by atoms with Crippen LogP contribution in [0.1, 0.15) is 24.5 Å². The van der Waals surface area contributed by atoms with Gasteiger partial charge in [-0.05, 0) is 30.7 Å². The Kier molecular flexibility index (Phi) is 8.15. The summed E-state index contributed by atoms with van der Waals surface area (Å²) in [6.07, 6.45) is 3.40. The minimum atomic E-state index is -0.901. The van der Waals surface area contributed by atoms with Gasteiger partial charge in [0.1, 0.15) is 11.5 Å². The largest absolute Gasteiger partial charge is 0.496 e. The normalized spacial score (nSPS) is 11.7. The molecule has 0 radical (unpaired) electrons. The number of methoxy groups -OCH3 is 3. The van der Waals surface area contributed by atoms with Crippen LogP contribution in [0, 0.1) is 0 Å². The third kappa shape index (κ3) is 6.12. The van der Waals surface area contributed by atoms with Crippen molar-refractivity contribution in [1.82, 2.24) is 0 Å². The van der Waals surface area contributed by atoms with Crippen molar-refractivity contribution in [3.8, 4) is 5.75 Å². The Hall–Kier alpha value is -3.02. The molecule has 0 spiro atoms. The van der Waals surface area contributed by atoms with E-state index in [1.54, 1.807) is 44.4 Å². The summed E-state index contributed by atoms with van der Waals surface area (Å²) in [4.78, 5) is 22.3. The predicted octanol–water partition coefficient (Wildman–Crippen LogP) is 3.38. The lowest BCUT2D eigenvalue weighted by Crippen LogP contribution is -2.05. The molecule has 0 bridgehead atoms. The van der Waals surface area contributed by atoms with Crippen LogP contribution in [0.2, 0.25) is 0 Å². The minimum Gasteiger partial charge on any atom is -0.496 e. The van der Waals surface area contributed by atoms with Crippen molar-refractivity contribution >= 4 is 17.5 Å². The smallest absolute Gasteiger partial charge is 0.309 e. The zero-order chi connectivity index (χ0) is 19.7. The second kappa shape index (κ2) is 10.1. The third-order valence-electron chi connectivity index (χ3n) is 3.63. The van der Waals surface area contributed by atoms with Gasteiger partial charge < -0.3 is 19.3 Å². The van der Waals surface area contributed by atoms with Gasteiger partial charge in [0, 0.05) is 11.1 Å².